The summed E-state index contributed by atoms with van der Waals surface area (Å²) in [5.41, 5.74) is 0. The predicted octanol–water partition coefficient (Wildman–Crippen LogP) is 3.65. The Balaban J connectivity index is 1.99. The Labute approximate surface area is 111 Å². The second kappa shape index (κ2) is 6.57. The molecule has 0 aliphatic carbocycles. The van der Waals surface area contributed by atoms with Crippen LogP contribution in [0.1, 0.15) is 44.4 Å². The van der Waals surface area contributed by atoms with Gasteiger partial charge in [0.2, 0.25) is 0 Å². The van der Waals surface area contributed by atoms with Crippen LogP contribution in [-0.2, 0) is 4.74 Å². The first-order valence-electron chi connectivity index (χ1n) is 6.39. The highest BCUT2D eigenvalue weighted by Crippen LogP contribution is 2.30. The monoisotopic (exact) mass is 301 g/mol. The Morgan fingerprint density at radius 2 is 2.47 bits per heavy atom. The van der Waals surface area contributed by atoms with Crippen LogP contribution in [0.15, 0.2) is 21.2 Å². The van der Waals surface area contributed by atoms with Crippen molar-refractivity contribution in [2.75, 3.05) is 13.2 Å². The van der Waals surface area contributed by atoms with Crippen LogP contribution in [0.4, 0.5) is 0 Å². The molecule has 1 fully saturated rings. The van der Waals surface area contributed by atoms with Crippen LogP contribution >= 0.6 is 15.9 Å². The number of hydrogen-bond acceptors (Lipinski definition) is 3. The molecule has 96 valence electrons. The molecule has 1 aromatic rings. The molecule has 2 heterocycles. The zero-order chi connectivity index (χ0) is 12.1. The van der Waals surface area contributed by atoms with Gasteiger partial charge in [0, 0.05) is 6.61 Å². The molecular weight excluding hydrogens is 282 g/mol. The fraction of sp³-hybridized carbons (Fsp3) is 0.692. The zero-order valence-electron chi connectivity index (χ0n) is 10.2. The van der Waals surface area contributed by atoms with Crippen molar-refractivity contribution in [3.05, 3.63) is 22.6 Å². The second-order valence-corrected chi connectivity index (χ2v) is 5.36. The molecule has 1 N–H and O–H groups in total. The SMILES string of the molecule is CCCNC(CC1CCCO1)c1occc1Br. The Bertz CT molecular complexity index is 334. The van der Waals surface area contributed by atoms with E-state index in [0.29, 0.717) is 6.10 Å². The molecule has 2 rings (SSSR count). The van der Waals surface area contributed by atoms with Crippen LogP contribution in [-0.4, -0.2) is 19.3 Å². The minimum Gasteiger partial charge on any atom is -0.466 e. The number of furan rings is 1. The summed E-state index contributed by atoms with van der Waals surface area (Å²) in [7, 11) is 0. The van der Waals surface area contributed by atoms with Crippen LogP contribution in [0, 0.1) is 0 Å². The van der Waals surface area contributed by atoms with Gasteiger partial charge in [-0.05, 0) is 54.2 Å². The van der Waals surface area contributed by atoms with Gasteiger partial charge in [-0.1, -0.05) is 6.92 Å². The number of hydrogen-bond donors (Lipinski definition) is 1. The molecule has 1 aliphatic heterocycles. The van der Waals surface area contributed by atoms with Crippen LogP contribution in [0.25, 0.3) is 0 Å². The lowest BCUT2D eigenvalue weighted by Gasteiger charge is -2.20. The topological polar surface area (TPSA) is 34.4 Å². The first kappa shape index (κ1) is 13.1. The predicted molar refractivity (Wildman–Crippen MR) is 71.0 cm³/mol. The van der Waals surface area contributed by atoms with Crippen molar-refractivity contribution in [1.29, 1.82) is 0 Å². The van der Waals surface area contributed by atoms with Crippen molar-refractivity contribution in [3.63, 3.8) is 0 Å². The fourth-order valence-electron chi connectivity index (χ4n) is 2.25. The van der Waals surface area contributed by atoms with E-state index in [9.17, 15) is 0 Å². The van der Waals surface area contributed by atoms with Gasteiger partial charge in [0.25, 0.3) is 0 Å². The van der Waals surface area contributed by atoms with Crippen LogP contribution in [0.2, 0.25) is 0 Å². The molecule has 0 amide bonds. The van der Waals surface area contributed by atoms with Gasteiger partial charge >= 0.3 is 0 Å². The van der Waals surface area contributed by atoms with Gasteiger partial charge in [-0.25, -0.2) is 0 Å². The number of rotatable bonds is 6. The summed E-state index contributed by atoms with van der Waals surface area (Å²) >= 11 is 3.53. The molecule has 1 saturated heterocycles. The first-order valence-corrected chi connectivity index (χ1v) is 7.18. The van der Waals surface area contributed by atoms with E-state index in [0.717, 1.165) is 36.2 Å². The van der Waals surface area contributed by atoms with E-state index < -0.39 is 0 Å². The third-order valence-electron chi connectivity index (χ3n) is 3.12. The lowest BCUT2D eigenvalue weighted by Crippen LogP contribution is -2.26. The largest absolute Gasteiger partial charge is 0.466 e. The van der Waals surface area contributed by atoms with Crippen molar-refractivity contribution in [1.82, 2.24) is 5.32 Å². The normalized spacial score (nSPS) is 21.9. The summed E-state index contributed by atoms with van der Waals surface area (Å²) in [5, 5.41) is 3.54. The maximum absolute atomic E-state index is 5.70. The summed E-state index contributed by atoms with van der Waals surface area (Å²) < 4.78 is 12.3. The number of nitrogens with one attached hydrogen (secondary N) is 1. The lowest BCUT2D eigenvalue weighted by atomic mass is 10.0. The van der Waals surface area contributed by atoms with E-state index >= 15 is 0 Å². The highest BCUT2D eigenvalue weighted by Gasteiger charge is 2.24. The summed E-state index contributed by atoms with van der Waals surface area (Å²) in [6, 6.07) is 2.20. The summed E-state index contributed by atoms with van der Waals surface area (Å²) in [5.74, 6) is 0.994. The van der Waals surface area contributed by atoms with Crippen LogP contribution < -0.4 is 5.32 Å². The summed E-state index contributed by atoms with van der Waals surface area (Å²) in [6.45, 7) is 4.09. The Morgan fingerprint density at radius 1 is 1.59 bits per heavy atom. The molecule has 1 aromatic heterocycles. The van der Waals surface area contributed by atoms with Crippen molar-refractivity contribution >= 4 is 15.9 Å². The second-order valence-electron chi connectivity index (χ2n) is 4.51. The summed E-state index contributed by atoms with van der Waals surface area (Å²) in [4.78, 5) is 0. The molecule has 0 bridgehead atoms. The van der Waals surface area contributed by atoms with E-state index in [1.807, 2.05) is 6.07 Å². The Morgan fingerprint density at radius 3 is 3.06 bits per heavy atom. The molecule has 0 spiro atoms. The molecule has 0 aromatic carbocycles. The van der Waals surface area contributed by atoms with Crippen molar-refractivity contribution in [2.24, 2.45) is 0 Å². The third kappa shape index (κ3) is 3.57. The van der Waals surface area contributed by atoms with Gasteiger partial charge in [0.05, 0.1) is 22.9 Å². The number of halogens is 1. The Kier molecular flexibility index (Phi) is 5.07. The maximum Gasteiger partial charge on any atom is 0.134 e. The fourth-order valence-corrected chi connectivity index (χ4v) is 2.73. The van der Waals surface area contributed by atoms with E-state index in [1.54, 1.807) is 6.26 Å². The molecule has 0 saturated carbocycles. The van der Waals surface area contributed by atoms with Gasteiger partial charge in [0.15, 0.2) is 0 Å². The minimum absolute atomic E-state index is 0.252. The average molecular weight is 302 g/mol. The van der Waals surface area contributed by atoms with Gasteiger partial charge in [-0.2, -0.15) is 0 Å². The van der Waals surface area contributed by atoms with Gasteiger partial charge in [-0.15, -0.1) is 0 Å². The quantitative estimate of drug-likeness (QED) is 0.871. The standard InChI is InChI=1S/C13H20BrNO2/c1-2-6-15-12(9-10-4-3-7-16-10)13-11(14)5-8-17-13/h5,8,10,12,15H,2-4,6-7,9H2,1H3. The Hall–Kier alpha value is -0.320. The van der Waals surface area contributed by atoms with Crippen LogP contribution in [0.5, 0.6) is 0 Å². The molecule has 0 radical (unpaired) electrons. The van der Waals surface area contributed by atoms with Crippen molar-refractivity contribution in [3.8, 4) is 0 Å². The molecule has 17 heavy (non-hydrogen) atoms. The van der Waals surface area contributed by atoms with Gasteiger partial charge in [-0.3, -0.25) is 0 Å². The van der Waals surface area contributed by atoms with Gasteiger partial charge in [0.1, 0.15) is 5.76 Å². The minimum atomic E-state index is 0.252. The van der Waals surface area contributed by atoms with Crippen molar-refractivity contribution < 1.29 is 9.15 Å². The van der Waals surface area contributed by atoms with E-state index in [4.69, 9.17) is 9.15 Å². The average Bonchev–Trinajstić information content (AvgIpc) is 2.95. The zero-order valence-corrected chi connectivity index (χ0v) is 11.8. The van der Waals surface area contributed by atoms with E-state index in [1.165, 1.54) is 12.8 Å². The molecule has 2 atom stereocenters. The molecule has 2 unspecified atom stereocenters. The van der Waals surface area contributed by atoms with E-state index in [-0.39, 0.29) is 6.04 Å². The number of ether oxygens (including phenoxy) is 1. The molecular formula is C13H20BrNO2. The highest BCUT2D eigenvalue weighted by molar-refractivity contribution is 9.10. The summed E-state index contributed by atoms with van der Waals surface area (Å²) in [6.07, 6.45) is 6.58. The maximum atomic E-state index is 5.70. The first-order chi connectivity index (χ1) is 8.31. The smallest absolute Gasteiger partial charge is 0.134 e. The van der Waals surface area contributed by atoms with Crippen LogP contribution in [0.3, 0.4) is 0 Å². The van der Waals surface area contributed by atoms with Crippen molar-refractivity contribution in [2.45, 2.75) is 44.8 Å². The van der Waals surface area contributed by atoms with E-state index in [2.05, 4.69) is 28.2 Å². The molecule has 3 nitrogen and oxygen atoms in total. The van der Waals surface area contributed by atoms with Gasteiger partial charge < -0.3 is 14.5 Å². The highest BCUT2D eigenvalue weighted by atomic mass is 79.9. The lowest BCUT2D eigenvalue weighted by molar-refractivity contribution is 0.0919. The molecule has 1 aliphatic rings. The molecule has 4 heteroatoms. The third-order valence-corrected chi connectivity index (χ3v) is 3.78.